The second-order valence-electron chi connectivity index (χ2n) is 9.77. The Kier molecular flexibility index (Phi) is 11.9. The molecule has 39 heavy (non-hydrogen) atoms. The van der Waals surface area contributed by atoms with Crippen LogP contribution in [0.25, 0.3) is 11.4 Å². The molecule has 5 nitrogen and oxygen atoms in total. The maximum atomic E-state index is 13.4. The molecule has 0 saturated carbocycles. The fourth-order valence-electron chi connectivity index (χ4n) is 4.21. The highest BCUT2D eigenvalue weighted by atomic mass is 19.4. The Labute approximate surface area is 228 Å². The van der Waals surface area contributed by atoms with E-state index in [4.69, 9.17) is 9.47 Å². The first-order valence-corrected chi connectivity index (χ1v) is 13.6. The maximum Gasteiger partial charge on any atom is 0.425 e. The molecule has 0 fully saturated rings. The number of ether oxygens (including phenoxy) is 2. The molecule has 3 rings (SSSR count). The Balaban J connectivity index is 1.45. The van der Waals surface area contributed by atoms with E-state index in [2.05, 4.69) is 29.0 Å². The lowest BCUT2D eigenvalue weighted by molar-refractivity contribution is -0.225. The number of halogens is 3. The van der Waals surface area contributed by atoms with Gasteiger partial charge in [-0.15, -0.1) is 0 Å². The summed E-state index contributed by atoms with van der Waals surface area (Å²) in [5.41, 5.74) is 3.14. The largest absolute Gasteiger partial charge is 0.425 e. The molecule has 3 aromatic rings. The lowest BCUT2D eigenvalue weighted by atomic mass is 9.99. The van der Waals surface area contributed by atoms with Gasteiger partial charge in [-0.1, -0.05) is 82.0 Å². The van der Waals surface area contributed by atoms with Crippen LogP contribution in [0.15, 0.2) is 67.0 Å². The molecule has 0 amide bonds. The number of hydrogen-bond donors (Lipinski definition) is 0. The number of carbonyl (C=O) groups excluding carboxylic acids is 1. The molecule has 0 saturated heterocycles. The molecule has 0 aliphatic carbocycles. The second-order valence-corrected chi connectivity index (χ2v) is 9.77. The first-order valence-electron chi connectivity index (χ1n) is 13.6. The summed E-state index contributed by atoms with van der Waals surface area (Å²) in [5.74, 6) is -0.802. The maximum absolute atomic E-state index is 13.4. The third-order valence-corrected chi connectivity index (χ3v) is 6.56. The van der Waals surface area contributed by atoms with Crippen LogP contribution in [0.4, 0.5) is 13.2 Å². The van der Waals surface area contributed by atoms with E-state index < -0.39 is 18.2 Å². The van der Waals surface area contributed by atoms with E-state index in [1.807, 2.05) is 19.1 Å². The lowest BCUT2D eigenvalue weighted by Crippen LogP contribution is -2.42. The number of rotatable bonds is 15. The van der Waals surface area contributed by atoms with Crippen molar-refractivity contribution in [2.45, 2.75) is 83.4 Å². The Morgan fingerprint density at radius 2 is 1.56 bits per heavy atom. The zero-order valence-corrected chi connectivity index (χ0v) is 22.6. The minimum atomic E-state index is -4.87. The number of esters is 1. The van der Waals surface area contributed by atoms with Crippen molar-refractivity contribution in [1.82, 2.24) is 9.97 Å². The van der Waals surface area contributed by atoms with Gasteiger partial charge in [-0.05, 0) is 54.9 Å². The van der Waals surface area contributed by atoms with E-state index in [1.165, 1.54) is 49.8 Å². The topological polar surface area (TPSA) is 61.3 Å². The average Bonchev–Trinajstić information content (AvgIpc) is 2.93. The molecule has 2 unspecified atom stereocenters. The molecule has 2 aromatic carbocycles. The molecule has 2 atom stereocenters. The van der Waals surface area contributed by atoms with Gasteiger partial charge in [0.2, 0.25) is 0 Å². The van der Waals surface area contributed by atoms with Crippen LogP contribution in [-0.4, -0.2) is 34.8 Å². The van der Waals surface area contributed by atoms with Gasteiger partial charge in [0, 0.05) is 24.6 Å². The predicted molar refractivity (Wildman–Crippen MR) is 145 cm³/mol. The summed E-state index contributed by atoms with van der Waals surface area (Å²) in [6, 6.07) is 15.9. The van der Waals surface area contributed by atoms with Crippen LogP contribution >= 0.6 is 0 Å². The predicted octanol–water partition coefficient (Wildman–Crippen LogP) is 8.09. The summed E-state index contributed by atoms with van der Waals surface area (Å²) >= 11 is 0. The number of aromatic nitrogens is 2. The third kappa shape index (κ3) is 10.1. The van der Waals surface area contributed by atoms with Crippen LogP contribution in [-0.2, 0) is 16.0 Å². The van der Waals surface area contributed by atoms with Crippen molar-refractivity contribution in [3.05, 3.63) is 78.1 Å². The summed E-state index contributed by atoms with van der Waals surface area (Å²) in [6.45, 7) is 3.94. The van der Waals surface area contributed by atoms with E-state index >= 15 is 0 Å². The Morgan fingerprint density at radius 1 is 0.897 bits per heavy atom. The fraction of sp³-hybridized carbons (Fsp3) is 0.452. The molecule has 1 heterocycles. The minimum Gasteiger partial charge on any atom is -0.424 e. The van der Waals surface area contributed by atoms with Gasteiger partial charge in [0.25, 0.3) is 6.10 Å². The van der Waals surface area contributed by atoms with E-state index in [-0.39, 0.29) is 18.3 Å². The zero-order valence-electron chi connectivity index (χ0n) is 22.6. The van der Waals surface area contributed by atoms with Crippen molar-refractivity contribution in [1.29, 1.82) is 0 Å². The number of alkyl halides is 3. The highest BCUT2D eigenvalue weighted by molar-refractivity contribution is 5.78. The Bertz CT molecular complexity index is 1120. The van der Waals surface area contributed by atoms with Crippen molar-refractivity contribution in [2.75, 3.05) is 6.61 Å². The molecular weight excluding hydrogens is 505 g/mol. The first kappa shape index (κ1) is 30.3. The van der Waals surface area contributed by atoms with Gasteiger partial charge < -0.3 is 9.47 Å². The summed E-state index contributed by atoms with van der Waals surface area (Å²) in [7, 11) is 0. The molecule has 8 heteroatoms. The molecule has 210 valence electrons. The van der Waals surface area contributed by atoms with Gasteiger partial charge in [-0.2, -0.15) is 13.2 Å². The zero-order chi connectivity index (χ0) is 28.1. The fourth-order valence-corrected chi connectivity index (χ4v) is 4.21. The van der Waals surface area contributed by atoms with Gasteiger partial charge in [0.1, 0.15) is 5.75 Å². The second kappa shape index (κ2) is 15.4. The van der Waals surface area contributed by atoms with Gasteiger partial charge in [0.15, 0.2) is 5.82 Å². The first-order chi connectivity index (χ1) is 18.8. The van der Waals surface area contributed by atoms with E-state index in [0.717, 1.165) is 17.5 Å². The number of nitrogens with zero attached hydrogens (tertiary/aromatic N) is 2. The van der Waals surface area contributed by atoms with Gasteiger partial charge in [-0.3, -0.25) is 0 Å². The summed E-state index contributed by atoms with van der Waals surface area (Å²) < 4.78 is 49.9. The van der Waals surface area contributed by atoms with Gasteiger partial charge >= 0.3 is 12.1 Å². The summed E-state index contributed by atoms with van der Waals surface area (Å²) in [4.78, 5) is 21.1. The standard InChI is InChI=1S/C31H37F3N2O3/c1-3-4-5-6-8-13-24-16-18-25(19-17-24)29-35-21-26(22-36-29)23(2)12-11-20-38-28(31(32,33)34)30(37)39-27-14-9-7-10-15-27/h7,9-10,14-19,21-23,28H,3-6,8,11-13,20H2,1-2H3. The van der Waals surface area contributed by atoms with Crippen LogP contribution < -0.4 is 4.74 Å². The minimum absolute atomic E-state index is 0.0124. The third-order valence-electron chi connectivity index (χ3n) is 6.56. The van der Waals surface area contributed by atoms with Crippen LogP contribution in [0.1, 0.15) is 75.8 Å². The van der Waals surface area contributed by atoms with Crippen LogP contribution in [0.5, 0.6) is 5.75 Å². The van der Waals surface area contributed by atoms with Crippen molar-refractivity contribution in [2.24, 2.45) is 0 Å². The number of benzene rings is 2. The Morgan fingerprint density at radius 3 is 2.21 bits per heavy atom. The average molecular weight is 543 g/mol. The molecule has 0 radical (unpaired) electrons. The molecule has 0 N–H and O–H groups in total. The normalized spacial score (nSPS) is 13.2. The van der Waals surface area contributed by atoms with Crippen molar-refractivity contribution >= 4 is 5.97 Å². The van der Waals surface area contributed by atoms with Crippen LogP contribution in [0, 0.1) is 0 Å². The SMILES string of the molecule is CCCCCCCc1ccc(-c2ncc(C(C)CCCOC(C(=O)Oc3ccccc3)C(F)(F)F)cn2)cc1. The van der Waals surface area contributed by atoms with Crippen molar-refractivity contribution in [3.63, 3.8) is 0 Å². The number of aryl methyl sites for hydroxylation is 1. The molecular formula is C31H37F3N2O3. The molecule has 0 spiro atoms. The number of hydrogen-bond acceptors (Lipinski definition) is 5. The highest BCUT2D eigenvalue weighted by Gasteiger charge is 2.47. The quantitative estimate of drug-likeness (QED) is 0.110. The van der Waals surface area contributed by atoms with Crippen LogP contribution in [0.2, 0.25) is 0 Å². The summed E-state index contributed by atoms with van der Waals surface area (Å²) in [6.07, 6.45) is 4.24. The van der Waals surface area contributed by atoms with E-state index in [0.29, 0.717) is 18.7 Å². The molecule has 1 aromatic heterocycles. The van der Waals surface area contributed by atoms with Crippen molar-refractivity contribution in [3.8, 4) is 17.1 Å². The number of unbranched alkanes of at least 4 members (excludes halogenated alkanes) is 4. The smallest absolute Gasteiger partial charge is 0.424 e. The Hall–Kier alpha value is -3.26. The molecule has 0 aliphatic heterocycles. The molecule has 0 bridgehead atoms. The van der Waals surface area contributed by atoms with Gasteiger partial charge in [0.05, 0.1) is 0 Å². The molecule has 0 aliphatic rings. The number of para-hydroxylation sites is 1. The van der Waals surface area contributed by atoms with Crippen molar-refractivity contribution < 1.29 is 27.4 Å². The van der Waals surface area contributed by atoms with E-state index in [1.54, 1.807) is 30.6 Å². The van der Waals surface area contributed by atoms with E-state index in [9.17, 15) is 18.0 Å². The van der Waals surface area contributed by atoms with Crippen LogP contribution in [0.3, 0.4) is 0 Å². The highest BCUT2D eigenvalue weighted by Crippen LogP contribution is 2.27. The summed E-state index contributed by atoms with van der Waals surface area (Å²) in [5, 5.41) is 0. The van der Waals surface area contributed by atoms with Gasteiger partial charge in [-0.25, -0.2) is 14.8 Å². The number of carbonyl (C=O) groups is 1. The lowest BCUT2D eigenvalue weighted by Gasteiger charge is -2.20. The monoisotopic (exact) mass is 542 g/mol.